The van der Waals surface area contributed by atoms with E-state index in [1.165, 1.54) is 0 Å². The predicted octanol–water partition coefficient (Wildman–Crippen LogP) is 1.87. The number of hydrogen-bond acceptors (Lipinski definition) is 3. The highest BCUT2D eigenvalue weighted by atomic mass is 16.2. The zero-order valence-corrected chi connectivity index (χ0v) is 10.9. The van der Waals surface area contributed by atoms with E-state index < -0.39 is 0 Å². The highest BCUT2D eigenvalue weighted by Crippen LogP contribution is 2.29. The summed E-state index contributed by atoms with van der Waals surface area (Å²) in [6.45, 7) is 2.87. The second-order valence-electron chi connectivity index (χ2n) is 4.87. The Balaban J connectivity index is 2.33. The highest BCUT2D eigenvalue weighted by molar-refractivity contribution is 5.77. The monoisotopic (exact) mass is 247 g/mol. The lowest BCUT2D eigenvalue weighted by atomic mass is 9.97. The van der Waals surface area contributed by atoms with E-state index in [4.69, 9.17) is 5.73 Å². The van der Waals surface area contributed by atoms with Gasteiger partial charge in [0.1, 0.15) is 0 Å². The molecule has 0 bridgehead atoms. The molecule has 1 aromatic heterocycles. The molecule has 0 spiro atoms. The molecule has 1 aliphatic rings. The van der Waals surface area contributed by atoms with Crippen molar-refractivity contribution in [2.24, 2.45) is 5.73 Å². The van der Waals surface area contributed by atoms with Crippen molar-refractivity contribution in [2.75, 3.05) is 6.54 Å². The molecule has 2 N–H and O–H groups in total. The van der Waals surface area contributed by atoms with Crippen molar-refractivity contribution in [3.05, 3.63) is 30.1 Å². The van der Waals surface area contributed by atoms with Crippen LogP contribution in [0.4, 0.5) is 0 Å². The van der Waals surface area contributed by atoms with Gasteiger partial charge in [-0.25, -0.2) is 0 Å². The number of aromatic nitrogens is 1. The summed E-state index contributed by atoms with van der Waals surface area (Å²) in [6.07, 6.45) is 6.90. The first-order chi connectivity index (χ1) is 8.74. The standard InChI is InChI=1S/C14H21N3O/c1-2-10-17-13(18)5-3-4-12(15)14(17)11-6-8-16-9-7-11/h6-9,12,14H,2-5,10,15H2,1H3. The minimum atomic E-state index is 0.00273. The summed E-state index contributed by atoms with van der Waals surface area (Å²) >= 11 is 0. The lowest BCUT2D eigenvalue weighted by molar-refractivity contribution is -0.133. The molecular weight excluding hydrogens is 226 g/mol. The van der Waals surface area contributed by atoms with Crippen LogP contribution in [0.25, 0.3) is 0 Å². The number of rotatable bonds is 3. The van der Waals surface area contributed by atoms with Crippen LogP contribution in [0.15, 0.2) is 24.5 Å². The van der Waals surface area contributed by atoms with Crippen molar-refractivity contribution in [3.8, 4) is 0 Å². The topological polar surface area (TPSA) is 59.2 Å². The molecule has 1 fully saturated rings. The Morgan fingerprint density at radius 3 is 2.83 bits per heavy atom. The van der Waals surface area contributed by atoms with Gasteiger partial charge < -0.3 is 10.6 Å². The molecule has 0 saturated carbocycles. The molecule has 98 valence electrons. The summed E-state index contributed by atoms with van der Waals surface area (Å²) < 4.78 is 0. The molecule has 4 nitrogen and oxygen atoms in total. The number of nitrogens with zero attached hydrogens (tertiary/aromatic N) is 2. The summed E-state index contributed by atoms with van der Waals surface area (Å²) in [5, 5.41) is 0. The molecule has 1 saturated heterocycles. The van der Waals surface area contributed by atoms with Crippen LogP contribution in [0.2, 0.25) is 0 Å². The van der Waals surface area contributed by atoms with E-state index in [0.29, 0.717) is 6.42 Å². The molecule has 0 aliphatic carbocycles. The zero-order valence-electron chi connectivity index (χ0n) is 10.9. The van der Waals surface area contributed by atoms with Gasteiger partial charge in [-0.05, 0) is 37.0 Å². The maximum atomic E-state index is 12.2. The van der Waals surface area contributed by atoms with Crippen LogP contribution < -0.4 is 5.73 Å². The number of carbonyl (C=O) groups excluding carboxylic acids is 1. The molecular formula is C14H21N3O. The SMILES string of the molecule is CCCN1C(=O)CCCC(N)C1c1ccncc1. The number of nitrogens with two attached hydrogens (primary N) is 1. The Morgan fingerprint density at radius 1 is 1.44 bits per heavy atom. The summed E-state index contributed by atoms with van der Waals surface area (Å²) in [7, 11) is 0. The minimum absolute atomic E-state index is 0.00273. The first-order valence-electron chi connectivity index (χ1n) is 6.69. The number of carbonyl (C=O) groups is 1. The van der Waals surface area contributed by atoms with Gasteiger partial charge in [-0.2, -0.15) is 0 Å². The van der Waals surface area contributed by atoms with Crippen LogP contribution in [0, 0.1) is 0 Å². The van der Waals surface area contributed by atoms with E-state index in [0.717, 1.165) is 31.4 Å². The Morgan fingerprint density at radius 2 is 2.17 bits per heavy atom. The van der Waals surface area contributed by atoms with Gasteiger partial charge in [0.15, 0.2) is 0 Å². The van der Waals surface area contributed by atoms with Crippen molar-refractivity contribution in [2.45, 2.75) is 44.7 Å². The average Bonchev–Trinajstić information content (AvgIpc) is 2.51. The largest absolute Gasteiger partial charge is 0.334 e. The Hall–Kier alpha value is -1.42. The first kappa shape index (κ1) is 13.0. The third-order valence-corrected chi connectivity index (χ3v) is 3.50. The molecule has 0 aromatic carbocycles. The lowest BCUT2D eigenvalue weighted by Gasteiger charge is -2.33. The smallest absolute Gasteiger partial charge is 0.223 e. The molecule has 2 atom stereocenters. The molecule has 18 heavy (non-hydrogen) atoms. The van der Waals surface area contributed by atoms with Crippen LogP contribution in [0.3, 0.4) is 0 Å². The highest BCUT2D eigenvalue weighted by Gasteiger charge is 2.32. The van der Waals surface area contributed by atoms with Gasteiger partial charge in [0.25, 0.3) is 0 Å². The van der Waals surface area contributed by atoms with Crippen LogP contribution >= 0.6 is 0 Å². The minimum Gasteiger partial charge on any atom is -0.334 e. The van der Waals surface area contributed by atoms with Crippen LogP contribution in [-0.4, -0.2) is 28.4 Å². The van der Waals surface area contributed by atoms with Crippen LogP contribution in [-0.2, 0) is 4.79 Å². The van der Waals surface area contributed by atoms with Gasteiger partial charge >= 0.3 is 0 Å². The summed E-state index contributed by atoms with van der Waals surface area (Å²) in [5.74, 6) is 0.228. The summed E-state index contributed by atoms with van der Waals surface area (Å²) in [6, 6.07) is 3.95. The van der Waals surface area contributed by atoms with E-state index in [-0.39, 0.29) is 18.0 Å². The molecule has 4 heteroatoms. The Labute approximate surface area is 108 Å². The molecule has 1 aromatic rings. The van der Waals surface area contributed by atoms with Crippen molar-refractivity contribution >= 4 is 5.91 Å². The van der Waals surface area contributed by atoms with Crippen molar-refractivity contribution in [1.29, 1.82) is 0 Å². The van der Waals surface area contributed by atoms with E-state index in [1.54, 1.807) is 12.4 Å². The van der Waals surface area contributed by atoms with Gasteiger partial charge in [0, 0.05) is 31.4 Å². The fraction of sp³-hybridized carbons (Fsp3) is 0.571. The van der Waals surface area contributed by atoms with Gasteiger partial charge in [0.2, 0.25) is 5.91 Å². The molecule has 2 heterocycles. The normalized spacial score (nSPS) is 25.0. The van der Waals surface area contributed by atoms with Crippen molar-refractivity contribution in [3.63, 3.8) is 0 Å². The predicted molar refractivity (Wildman–Crippen MR) is 70.8 cm³/mol. The molecule has 1 aliphatic heterocycles. The Kier molecular flexibility index (Phi) is 4.31. The quantitative estimate of drug-likeness (QED) is 0.887. The van der Waals surface area contributed by atoms with E-state index >= 15 is 0 Å². The average molecular weight is 247 g/mol. The number of likely N-dealkylation sites (tertiary alicyclic amines) is 1. The van der Waals surface area contributed by atoms with Gasteiger partial charge in [0.05, 0.1) is 6.04 Å². The van der Waals surface area contributed by atoms with E-state index in [1.807, 2.05) is 17.0 Å². The van der Waals surface area contributed by atoms with Gasteiger partial charge in [-0.3, -0.25) is 9.78 Å². The second-order valence-corrected chi connectivity index (χ2v) is 4.87. The summed E-state index contributed by atoms with van der Waals surface area (Å²) in [4.78, 5) is 18.2. The number of pyridine rings is 1. The third-order valence-electron chi connectivity index (χ3n) is 3.50. The van der Waals surface area contributed by atoms with Crippen molar-refractivity contribution in [1.82, 2.24) is 9.88 Å². The number of amides is 1. The first-order valence-corrected chi connectivity index (χ1v) is 6.69. The third kappa shape index (κ3) is 2.70. The van der Waals surface area contributed by atoms with E-state index in [2.05, 4.69) is 11.9 Å². The van der Waals surface area contributed by atoms with Gasteiger partial charge in [-0.15, -0.1) is 0 Å². The summed E-state index contributed by atoms with van der Waals surface area (Å²) in [5.41, 5.74) is 7.38. The van der Waals surface area contributed by atoms with E-state index in [9.17, 15) is 4.79 Å². The van der Waals surface area contributed by atoms with Crippen molar-refractivity contribution < 1.29 is 4.79 Å². The maximum Gasteiger partial charge on any atom is 0.223 e. The van der Waals surface area contributed by atoms with Gasteiger partial charge in [-0.1, -0.05) is 6.92 Å². The van der Waals surface area contributed by atoms with Crippen LogP contribution in [0.1, 0.15) is 44.2 Å². The van der Waals surface area contributed by atoms with Crippen LogP contribution in [0.5, 0.6) is 0 Å². The molecule has 0 radical (unpaired) electrons. The fourth-order valence-electron chi connectivity index (χ4n) is 2.67. The second kappa shape index (κ2) is 5.96. The zero-order chi connectivity index (χ0) is 13.0. The lowest BCUT2D eigenvalue weighted by Crippen LogP contribution is -2.42. The molecule has 2 unspecified atom stereocenters. The maximum absolute atomic E-state index is 12.2. The molecule has 1 amide bonds. The molecule has 2 rings (SSSR count). The Bertz CT molecular complexity index is 393. The fourth-order valence-corrected chi connectivity index (χ4v) is 2.67. The number of hydrogen-bond donors (Lipinski definition) is 1.